The predicted octanol–water partition coefficient (Wildman–Crippen LogP) is 1.41. The fourth-order valence-electron chi connectivity index (χ4n) is 4.00. The Morgan fingerprint density at radius 2 is 2.09 bits per heavy atom. The number of piperidine rings is 1. The van der Waals surface area contributed by atoms with Crippen molar-refractivity contribution in [2.45, 2.75) is 25.3 Å². The maximum absolute atomic E-state index is 11.9. The van der Waals surface area contributed by atoms with Crippen LogP contribution in [-0.2, 0) is 6.42 Å². The second-order valence-electron chi connectivity index (χ2n) is 6.38. The molecule has 1 aromatic carbocycles. The van der Waals surface area contributed by atoms with Gasteiger partial charge in [0.2, 0.25) is 0 Å². The summed E-state index contributed by atoms with van der Waals surface area (Å²) in [4.78, 5) is 20.7. The summed E-state index contributed by atoms with van der Waals surface area (Å²) >= 11 is 0. The molecule has 1 saturated heterocycles. The van der Waals surface area contributed by atoms with Crippen molar-refractivity contribution in [3.05, 3.63) is 58.1 Å². The molecule has 2 aromatic rings. The van der Waals surface area contributed by atoms with Crippen molar-refractivity contribution in [1.29, 1.82) is 0 Å². The van der Waals surface area contributed by atoms with Gasteiger partial charge in [-0.15, -0.1) is 0 Å². The first kappa shape index (κ1) is 13.5. The van der Waals surface area contributed by atoms with E-state index in [1.807, 2.05) is 0 Å². The van der Waals surface area contributed by atoms with E-state index >= 15 is 0 Å². The van der Waals surface area contributed by atoms with Gasteiger partial charge in [0, 0.05) is 19.1 Å². The van der Waals surface area contributed by atoms with Crippen LogP contribution in [0.2, 0.25) is 0 Å². The van der Waals surface area contributed by atoms with Crippen molar-refractivity contribution < 1.29 is 0 Å². The van der Waals surface area contributed by atoms with Crippen LogP contribution in [0.15, 0.2) is 35.3 Å². The van der Waals surface area contributed by atoms with E-state index in [1.165, 1.54) is 17.3 Å². The first-order valence-electron chi connectivity index (χ1n) is 7.73. The highest BCUT2D eigenvalue weighted by atomic mass is 16.1. The Kier molecular flexibility index (Phi) is 3.04. The van der Waals surface area contributed by atoms with Gasteiger partial charge in [-0.3, -0.25) is 4.79 Å². The zero-order valence-electron chi connectivity index (χ0n) is 12.4. The fourth-order valence-corrected chi connectivity index (χ4v) is 4.00. The highest BCUT2D eigenvalue weighted by molar-refractivity contribution is 5.41. The van der Waals surface area contributed by atoms with E-state index in [0.29, 0.717) is 5.82 Å². The number of nitrogens with two attached hydrogens (primary N) is 1. The molecule has 1 atom stereocenters. The number of anilines is 1. The number of nitrogens with zero attached hydrogens (tertiary/aromatic N) is 2. The standard InChI is InChI=1S/C17H19N4O/c18-14-13-4-2-1-3-12(13)11-17(14)5-9-21(10-6-17)15-16(22)20-8-7-19-15/h1-4,7,14H,5-6,9-11,18H2,(H,20,22)/t14-/m1/s1. The van der Waals surface area contributed by atoms with E-state index in [2.05, 4.69) is 45.3 Å². The molecule has 0 amide bonds. The lowest BCUT2D eigenvalue weighted by atomic mass is 9.73. The summed E-state index contributed by atoms with van der Waals surface area (Å²) in [6, 6.07) is 8.59. The molecular weight excluding hydrogens is 276 g/mol. The molecule has 0 saturated carbocycles. The lowest BCUT2D eigenvalue weighted by molar-refractivity contribution is 0.187. The zero-order chi connectivity index (χ0) is 15.2. The summed E-state index contributed by atoms with van der Waals surface area (Å²) in [5.74, 6) is 0.498. The number of hydrogen-bond donors (Lipinski definition) is 2. The molecule has 4 rings (SSSR count). The van der Waals surface area contributed by atoms with Crippen molar-refractivity contribution in [1.82, 2.24) is 9.97 Å². The average Bonchev–Trinajstić information content (AvgIpc) is 2.82. The molecule has 1 spiro atoms. The van der Waals surface area contributed by atoms with Crippen molar-refractivity contribution >= 4 is 5.82 Å². The molecule has 2 aliphatic rings. The molecule has 3 N–H and O–H groups in total. The molecule has 22 heavy (non-hydrogen) atoms. The fraction of sp³-hybridized carbons (Fsp3) is 0.412. The average molecular weight is 295 g/mol. The van der Waals surface area contributed by atoms with Crippen LogP contribution in [0.1, 0.15) is 30.0 Å². The Morgan fingerprint density at radius 1 is 1.32 bits per heavy atom. The number of rotatable bonds is 1. The Hall–Kier alpha value is -2.14. The van der Waals surface area contributed by atoms with Gasteiger partial charge in [0.15, 0.2) is 5.82 Å². The molecular formula is C17H19N4O. The van der Waals surface area contributed by atoms with E-state index in [4.69, 9.17) is 5.73 Å². The van der Waals surface area contributed by atoms with Gasteiger partial charge in [0.25, 0.3) is 5.56 Å². The Balaban J connectivity index is 1.56. The smallest absolute Gasteiger partial charge is 0.291 e. The second-order valence-corrected chi connectivity index (χ2v) is 6.38. The minimum atomic E-state index is -0.169. The minimum absolute atomic E-state index is 0.0983. The number of benzene rings is 1. The SMILES string of the molecule is N[C@@H]1c2ccccc2CC12CCN(c1nc[c][nH]c1=O)CC2. The van der Waals surface area contributed by atoms with Gasteiger partial charge >= 0.3 is 0 Å². The summed E-state index contributed by atoms with van der Waals surface area (Å²) in [5.41, 5.74) is 9.20. The first-order valence-corrected chi connectivity index (χ1v) is 7.73. The van der Waals surface area contributed by atoms with Crippen LogP contribution in [0, 0.1) is 11.6 Å². The lowest BCUT2D eigenvalue weighted by Gasteiger charge is -2.42. The van der Waals surface area contributed by atoms with Crippen LogP contribution < -0.4 is 16.2 Å². The van der Waals surface area contributed by atoms with Crippen LogP contribution in [0.5, 0.6) is 0 Å². The molecule has 1 aliphatic heterocycles. The predicted molar refractivity (Wildman–Crippen MR) is 84.6 cm³/mol. The third kappa shape index (κ3) is 1.96. The van der Waals surface area contributed by atoms with E-state index in [9.17, 15) is 4.79 Å². The van der Waals surface area contributed by atoms with Gasteiger partial charge < -0.3 is 15.6 Å². The van der Waals surface area contributed by atoms with Crippen LogP contribution in [0.4, 0.5) is 5.82 Å². The highest BCUT2D eigenvalue weighted by Crippen LogP contribution is 2.50. The third-order valence-electron chi connectivity index (χ3n) is 5.29. The molecule has 2 heterocycles. The Bertz CT molecular complexity index is 746. The van der Waals surface area contributed by atoms with Gasteiger partial charge in [0.1, 0.15) is 0 Å². The van der Waals surface area contributed by atoms with Gasteiger partial charge in [-0.25, -0.2) is 4.98 Å². The molecule has 1 aliphatic carbocycles. The van der Waals surface area contributed by atoms with Crippen LogP contribution >= 0.6 is 0 Å². The topological polar surface area (TPSA) is 75.0 Å². The van der Waals surface area contributed by atoms with Crippen LogP contribution in [0.25, 0.3) is 0 Å². The number of fused-ring (bicyclic) bond motifs is 1. The first-order chi connectivity index (χ1) is 10.7. The van der Waals surface area contributed by atoms with Crippen molar-refractivity contribution in [3.63, 3.8) is 0 Å². The summed E-state index contributed by atoms with van der Waals surface area (Å²) in [7, 11) is 0. The molecule has 1 aromatic heterocycles. The molecule has 0 bridgehead atoms. The zero-order valence-corrected chi connectivity index (χ0v) is 12.4. The summed E-state index contributed by atoms with van der Waals surface area (Å²) in [6.45, 7) is 1.64. The molecule has 113 valence electrons. The maximum atomic E-state index is 11.9. The van der Waals surface area contributed by atoms with Crippen molar-refractivity contribution in [2.24, 2.45) is 11.1 Å². The largest absolute Gasteiger partial charge is 0.352 e. The monoisotopic (exact) mass is 295 g/mol. The van der Waals surface area contributed by atoms with Crippen LogP contribution in [-0.4, -0.2) is 23.1 Å². The van der Waals surface area contributed by atoms with Gasteiger partial charge in [-0.05, 0) is 35.8 Å². The molecule has 0 unspecified atom stereocenters. The number of hydrogen-bond acceptors (Lipinski definition) is 4. The molecule has 1 fully saturated rings. The Labute approximate surface area is 129 Å². The van der Waals surface area contributed by atoms with E-state index in [0.717, 1.165) is 32.4 Å². The normalized spacial score (nSPS) is 22.8. The van der Waals surface area contributed by atoms with Crippen molar-refractivity contribution in [2.75, 3.05) is 18.0 Å². The molecule has 1 radical (unpaired) electrons. The van der Waals surface area contributed by atoms with Gasteiger partial charge in [-0.2, -0.15) is 0 Å². The maximum Gasteiger partial charge on any atom is 0.291 e. The third-order valence-corrected chi connectivity index (χ3v) is 5.29. The van der Waals surface area contributed by atoms with Gasteiger partial charge in [0.05, 0.1) is 12.4 Å². The highest BCUT2D eigenvalue weighted by Gasteiger charge is 2.46. The number of aromatic amines is 1. The number of nitrogens with one attached hydrogen (secondary N) is 1. The molecule has 5 nitrogen and oxygen atoms in total. The molecule has 5 heteroatoms. The van der Waals surface area contributed by atoms with Crippen molar-refractivity contribution in [3.8, 4) is 0 Å². The summed E-state index contributed by atoms with van der Waals surface area (Å²) < 4.78 is 0. The second kappa shape index (κ2) is 4.95. The minimum Gasteiger partial charge on any atom is -0.352 e. The summed E-state index contributed by atoms with van der Waals surface area (Å²) in [5, 5.41) is 0. The quantitative estimate of drug-likeness (QED) is 0.834. The van der Waals surface area contributed by atoms with E-state index < -0.39 is 0 Å². The number of H-pyrrole nitrogens is 1. The number of aromatic nitrogens is 2. The van der Waals surface area contributed by atoms with E-state index in [1.54, 1.807) is 0 Å². The summed E-state index contributed by atoms with van der Waals surface area (Å²) in [6.07, 6.45) is 7.15. The van der Waals surface area contributed by atoms with Gasteiger partial charge in [-0.1, -0.05) is 24.3 Å². The Morgan fingerprint density at radius 3 is 2.82 bits per heavy atom. The lowest BCUT2D eigenvalue weighted by Crippen LogP contribution is -2.46. The van der Waals surface area contributed by atoms with E-state index in [-0.39, 0.29) is 17.0 Å². The van der Waals surface area contributed by atoms with Crippen LogP contribution in [0.3, 0.4) is 0 Å².